The Morgan fingerprint density at radius 1 is 1.21 bits per heavy atom. The number of hydrazone groups is 1. The highest BCUT2D eigenvalue weighted by atomic mass is 32.1. The molecule has 0 aliphatic carbocycles. The second-order valence-electron chi connectivity index (χ2n) is 6.01. The number of esters is 1. The van der Waals surface area contributed by atoms with Gasteiger partial charge < -0.3 is 9.47 Å². The summed E-state index contributed by atoms with van der Waals surface area (Å²) in [6.07, 6.45) is 1.66. The number of ether oxygens (including phenoxy) is 2. The average Bonchev–Trinajstić information content (AvgIpc) is 3.09. The van der Waals surface area contributed by atoms with Crippen molar-refractivity contribution in [1.29, 1.82) is 0 Å². The minimum atomic E-state index is -0.415. The Hall–Kier alpha value is -3.19. The van der Waals surface area contributed by atoms with Crippen molar-refractivity contribution < 1.29 is 14.3 Å². The predicted octanol–water partition coefficient (Wildman–Crippen LogP) is 4.82. The third-order valence-corrected chi connectivity index (χ3v) is 4.69. The van der Waals surface area contributed by atoms with Crippen LogP contribution in [0.4, 0.5) is 5.13 Å². The highest BCUT2D eigenvalue weighted by Gasteiger charge is 2.14. The van der Waals surface area contributed by atoms with Crippen molar-refractivity contribution in [2.75, 3.05) is 12.0 Å². The number of anilines is 1. The second-order valence-corrected chi connectivity index (χ2v) is 6.87. The molecule has 0 aliphatic heterocycles. The molecule has 28 heavy (non-hydrogen) atoms. The topological polar surface area (TPSA) is 72.8 Å². The van der Waals surface area contributed by atoms with Crippen molar-refractivity contribution >= 4 is 28.7 Å². The van der Waals surface area contributed by atoms with Crippen LogP contribution in [-0.2, 0) is 0 Å². The summed E-state index contributed by atoms with van der Waals surface area (Å²) in [4.78, 5) is 16.8. The standard InChI is InChI=1S/C21H21N3O3S/c1-4-26-19-11-16(12-22-24-21-23-15(3)13-28-21)9-10-18(19)27-20(25)17-8-6-5-7-14(17)2/h5-13H,4H2,1-3H3,(H,23,24)/b22-12-. The molecule has 7 heteroatoms. The van der Waals surface area contributed by atoms with E-state index >= 15 is 0 Å². The summed E-state index contributed by atoms with van der Waals surface area (Å²) in [5, 5.41) is 6.86. The van der Waals surface area contributed by atoms with Gasteiger partial charge in [-0.1, -0.05) is 18.2 Å². The van der Waals surface area contributed by atoms with E-state index in [4.69, 9.17) is 9.47 Å². The molecule has 1 N–H and O–H groups in total. The number of carbonyl (C=O) groups is 1. The van der Waals surface area contributed by atoms with Gasteiger partial charge in [0, 0.05) is 5.38 Å². The van der Waals surface area contributed by atoms with Crippen LogP contribution in [0.2, 0.25) is 0 Å². The molecule has 0 saturated heterocycles. The highest BCUT2D eigenvalue weighted by Crippen LogP contribution is 2.29. The zero-order chi connectivity index (χ0) is 19.9. The van der Waals surface area contributed by atoms with Crippen molar-refractivity contribution in [3.05, 3.63) is 70.2 Å². The zero-order valence-corrected chi connectivity index (χ0v) is 16.7. The van der Waals surface area contributed by atoms with E-state index < -0.39 is 5.97 Å². The summed E-state index contributed by atoms with van der Waals surface area (Å²) in [6.45, 7) is 6.12. The predicted molar refractivity (Wildman–Crippen MR) is 112 cm³/mol. The molecule has 0 amide bonds. The zero-order valence-electron chi connectivity index (χ0n) is 15.9. The molecule has 1 heterocycles. The molecule has 0 fully saturated rings. The van der Waals surface area contributed by atoms with Gasteiger partial charge in [0.2, 0.25) is 5.13 Å². The molecule has 0 unspecified atom stereocenters. The normalized spacial score (nSPS) is 10.8. The maximum Gasteiger partial charge on any atom is 0.343 e. The molecule has 144 valence electrons. The molecule has 0 spiro atoms. The minimum absolute atomic E-state index is 0.371. The van der Waals surface area contributed by atoms with E-state index in [1.807, 2.05) is 44.4 Å². The molecular formula is C21H21N3O3S. The Labute approximate surface area is 167 Å². The number of rotatable bonds is 7. The Morgan fingerprint density at radius 3 is 2.75 bits per heavy atom. The third kappa shape index (κ3) is 4.95. The fraction of sp³-hybridized carbons (Fsp3) is 0.190. The van der Waals surface area contributed by atoms with Crippen molar-refractivity contribution in [2.45, 2.75) is 20.8 Å². The molecule has 2 aromatic carbocycles. The SMILES string of the molecule is CCOc1cc(/C=N\Nc2nc(C)cs2)ccc1OC(=O)c1ccccc1C. The Morgan fingerprint density at radius 2 is 2.04 bits per heavy atom. The second kappa shape index (κ2) is 9.14. The Kier molecular flexibility index (Phi) is 6.39. The summed E-state index contributed by atoms with van der Waals surface area (Å²) >= 11 is 1.49. The summed E-state index contributed by atoms with van der Waals surface area (Å²) in [6, 6.07) is 12.6. The fourth-order valence-electron chi connectivity index (χ4n) is 2.48. The first kappa shape index (κ1) is 19.6. The van der Waals surface area contributed by atoms with Gasteiger partial charge >= 0.3 is 5.97 Å². The van der Waals surface area contributed by atoms with Crippen LogP contribution in [0.1, 0.15) is 34.1 Å². The van der Waals surface area contributed by atoms with Crippen LogP contribution < -0.4 is 14.9 Å². The fourth-order valence-corrected chi connectivity index (χ4v) is 3.12. The lowest BCUT2D eigenvalue weighted by Gasteiger charge is -2.12. The van der Waals surface area contributed by atoms with Gasteiger partial charge in [0.15, 0.2) is 11.5 Å². The van der Waals surface area contributed by atoms with Crippen molar-refractivity contribution in [3.63, 3.8) is 0 Å². The summed E-state index contributed by atoms with van der Waals surface area (Å²) in [7, 11) is 0. The van der Waals surface area contributed by atoms with Crippen LogP contribution in [-0.4, -0.2) is 23.8 Å². The van der Waals surface area contributed by atoms with Gasteiger partial charge in [0.1, 0.15) is 0 Å². The van der Waals surface area contributed by atoms with Gasteiger partial charge in [0.25, 0.3) is 0 Å². The summed E-state index contributed by atoms with van der Waals surface area (Å²) in [5.74, 6) is 0.440. The first-order valence-electron chi connectivity index (χ1n) is 8.82. The van der Waals surface area contributed by atoms with Crippen molar-refractivity contribution in [3.8, 4) is 11.5 Å². The molecule has 0 atom stereocenters. The maximum absolute atomic E-state index is 12.5. The number of carbonyl (C=O) groups excluding carboxylic acids is 1. The lowest BCUT2D eigenvalue weighted by Crippen LogP contribution is -2.11. The number of benzene rings is 2. The van der Waals surface area contributed by atoms with Crippen LogP contribution in [0, 0.1) is 13.8 Å². The van der Waals surface area contributed by atoms with E-state index in [1.54, 1.807) is 30.5 Å². The number of thiazole rings is 1. The van der Waals surface area contributed by atoms with Crippen molar-refractivity contribution in [2.24, 2.45) is 5.10 Å². The van der Waals surface area contributed by atoms with Gasteiger partial charge in [-0.15, -0.1) is 11.3 Å². The molecule has 0 bridgehead atoms. The molecule has 3 aromatic rings. The van der Waals surface area contributed by atoms with Crippen LogP contribution in [0.15, 0.2) is 52.9 Å². The quantitative estimate of drug-likeness (QED) is 0.269. The molecule has 3 rings (SSSR count). The van der Waals surface area contributed by atoms with Gasteiger partial charge in [-0.3, -0.25) is 5.43 Å². The smallest absolute Gasteiger partial charge is 0.343 e. The Balaban J connectivity index is 1.75. The lowest BCUT2D eigenvalue weighted by molar-refractivity contribution is 0.0727. The highest BCUT2D eigenvalue weighted by molar-refractivity contribution is 7.13. The third-order valence-electron chi connectivity index (χ3n) is 3.83. The Bertz CT molecular complexity index is 998. The van der Waals surface area contributed by atoms with Crippen LogP contribution in [0.3, 0.4) is 0 Å². The van der Waals surface area contributed by atoms with E-state index in [2.05, 4.69) is 15.5 Å². The van der Waals surface area contributed by atoms with Crippen LogP contribution in [0.5, 0.6) is 11.5 Å². The van der Waals surface area contributed by atoms with E-state index in [-0.39, 0.29) is 0 Å². The van der Waals surface area contributed by atoms with E-state index in [1.165, 1.54) is 11.3 Å². The maximum atomic E-state index is 12.5. The van der Waals surface area contributed by atoms with Crippen LogP contribution in [0.25, 0.3) is 0 Å². The van der Waals surface area contributed by atoms with Gasteiger partial charge in [-0.05, 0) is 56.2 Å². The molecule has 0 saturated carbocycles. The number of hydrogen-bond donors (Lipinski definition) is 1. The average molecular weight is 395 g/mol. The number of nitrogens with one attached hydrogen (secondary N) is 1. The number of hydrogen-bond acceptors (Lipinski definition) is 7. The monoisotopic (exact) mass is 395 g/mol. The largest absolute Gasteiger partial charge is 0.490 e. The van der Waals surface area contributed by atoms with E-state index in [9.17, 15) is 4.79 Å². The molecule has 1 aromatic heterocycles. The first-order valence-corrected chi connectivity index (χ1v) is 9.70. The van der Waals surface area contributed by atoms with E-state index in [0.717, 1.165) is 22.0 Å². The first-order chi connectivity index (χ1) is 13.6. The van der Waals surface area contributed by atoms with E-state index in [0.29, 0.717) is 23.7 Å². The summed E-state index contributed by atoms with van der Waals surface area (Å²) in [5.41, 5.74) is 6.03. The van der Waals surface area contributed by atoms with Gasteiger partial charge in [-0.2, -0.15) is 5.10 Å². The lowest BCUT2D eigenvalue weighted by atomic mass is 10.1. The molecule has 0 aliphatic rings. The summed E-state index contributed by atoms with van der Waals surface area (Å²) < 4.78 is 11.2. The van der Waals surface area contributed by atoms with Crippen molar-refractivity contribution in [1.82, 2.24) is 4.98 Å². The molecule has 0 radical (unpaired) electrons. The van der Waals surface area contributed by atoms with Gasteiger partial charge in [-0.25, -0.2) is 9.78 Å². The number of aromatic nitrogens is 1. The minimum Gasteiger partial charge on any atom is -0.490 e. The molecular weight excluding hydrogens is 374 g/mol. The van der Waals surface area contributed by atoms with Crippen LogP contribution >= 0.6 is 11.3 Å². The number of nitrogens with zero attached hydrogens (tertiary/aromatic N) is 2. The van der Waals surface area contributed by atoms with Gasteiger partial charge in [0.05, 0.1) is 24.1 Å². The number of aryl methyl sites for hydroxylation is 2. The molecule has 6 nitrogen and oxygen atoms in total.